The molecule has 0 amide bonds. The molecule has 0 aromatic heterocycles. The average molecular weight is 665 g/mol. The van der Waals surface area contributed by atoms with Crippen LogP contribution in [0, 0.1) is 19.5 Å². The third-order valence-corrected chi connectivity index (χ3v) is 10.7. The molecule has 2 nitrogen and oxygen atoms in total. The Labute approximate surface area is 220 Å². The zero-order valence-corrected chi connectivity index (χ0v) is 22.7. The van der Waals surface area contributed by atoms with Crippen molar-refractivity contribution in [3.63, 3.8) is 0 Å². The highest BCUT2D eigenvalue weighted by molar-refractivity contribution is 14.1. The van der Waals surface area contributed by atoms with Crippen molar-refractivity contribution in [3.05, 3.63) is 85.5 Å². The van der Waals surface area contributed by atoms with Crippen molar-refractivity contribution in [3.8, 4) is 12.3 Å². The molecule has 3 aromatic rings. The molecule has 3 aromatic carbocycles. The number of hydrogen-bond acceptors (Lipinski definition) is 2. The van der Waals surface area contributed by atoms with Crippen LogP contribution in [-0.2, 0) is 15.6 Å². The molecule has 0 saturated heterocycles. The van der Waals surface area contributed by atoms with Gasteiger partial charge in [-0.15, -0.1) is 6.42 Å². The molecule has 4 rings (SSSR count). The second-order valence-corrected chi connectivity index (χ2v) is 12.2. The fourth-order valence-electron chi connectivity index (χ4n) is 3.93. The van der Waals surface area contributed by atoms with Gasteiger partial charge < -0.3 is 4.74 Å². The first kappa shape index (κ1) is 23.7. The third kappa shape index (κ3) is 5.35. The molecule has 1 fully saturated rings. The molecule has 32 heavy (non-hydrogen) atoms. The van der Waals surface area contributed by atoms with E-state index in [0.717, 1.165) is 37.0 Å². The number of halogens is 2. The van der Waals surface area contributed by atoms with Crippen LogP contribution >= 0.6 is 45.2 Å². The van der Waals surface area contributed by atoms with Crippen molar-refractivity contribution in [1.29, 1.82) is 0 Å². The standard InChI is InChI=1S/C27H23I2O2S/c1-2-27(17-7-4-8-18-27)31-26(30)20-11-13-22(14-12-20)32(21-9-5-3-6-10-21)23-15-16-24(28)25(29)19-23/h1,3,5-6,9-16,19H,4,7-8,17-18H2/q+1. The van der Waals surface area contributed by atoms with E-state index in [4.69, 9.17) is 11.2 Å². The minimum absolute atomic E-state index is 0.263. The highest BCUT2D eigenvalue weighted by atomic mass is 127. The highest BCUT2D eigenvalue weighted by Gasteiger charge is 2.35. The van der Waals surface area contributed by atoms with Gasteiger partial charge in [0.1, 0.15) is 0 Å². The predicted octanol–water partition coefficient (Wildman–Crippen LogP) is 7.48. The van der Waals surface area contributed by atoms with E-state index < -0.39 is 5.60 Å². The first-order chi connectivity index (χ1) is 15.5. The fraction of sp³-hybridized carbons (Fsp3) is 0.222. The summed E-state index contributed by atoms with van der Waals surface area (Å²) in [7, 11) is -0.263. The molecule has 0 heterocycles. The van der Waals surface area contributed by atoms with Crippen LogP contribution < -0.4 is 0 Å². The number of hydrogen-bond donors (Lipinski definition) is 0. The molecule has 1 aliphatic carbocycles. The summed E-state index contributed by atoms with van der Waals surface area (Å²) in [6.45, 7) is 0. The molecular weight excluding hydrogens is 642 g/mol. The molecule has 5 heteroatoms. The number of benzene rings is 3. The summed E-state index contributed by atoms with van der Waals surface area (Å²) >= 11 is 4.75. The minimum atomic E-state index is -0.750. The number of esters is 1. The van der Waals surface area contributed by atoms with Gasteiger partial charge in [0, 0.05) is 13.2 Å². The van der Waals surface area contributed by atoms with Gasteiger partial charge in [-0.25, -0.2) is 4.79 Å². The number of rotatable bonds is 5. The van der Waals surface area contributed by atoms with Crippen molar-refractivity contribution in [2.75, 3.05) is 0 Å². The van der Waals surface area contributed by atoms with E-state index in [1.807, 2.05) is 30.3 Å². The van der Waals surface area contributed by atoms with Crippen LogP contribution in [0.5, 0.6) is 0 Å². The van der Waals surface area contributed by atoms with Gasteiger partial charge in [0.2, 0.25) is 0 Å². The number of carbonyl (C=O) groups is 1. The Morgan fingerprint density at radius 1 is 0.844 bits per heavy atom. The van der Waals surface area contributed by atoms with Crippen LogP contribution in [0.25, 0.3) is 0 Å². The number of terminal acetylenes is 1. The molecule has 0 spiro atoms. The largest absolute Gasteiger partial charge is 0.442 e. The van der Waals surface area contributed by atoms with E-state index in [-0.39, 0.29) is 16.9 Å². The Kier molecular flexibility index (Phi) is 7.85. The molecular formula is C27H23I2O2S+. The van der Waals surface area contributed by atoms with Crippen molar-refractivity contribution < 1.29 is 9.53 Å². The first-order valence-electron chi connectivity index (χ1n) is 10.6. The smallest absolute Gasteiger partial charge is 0.339 e. The van der Waals surface area contributed by atoms with E-state index in [9.17, 15) is 4.79 Å². The molecule has 1 atom stereocenters. The zero-order chi connectivity index (χ0) is 22.6. The summed E-state index contributed by atoms with van der Waals surface area (Å²) in [5.74, 6) is 2.42. The minimum Gasteiger partial charge on any atom is -0.442 e. The van der Waals surface area contributed by atoms with Crippen LogP contribution in [0.1, 0.15) is 42.5 Å². The molecule has 1 unspecified atom stereocenters. The van der Waals surface area contributed by atoms with E-state index >= 15 is 0 Å². The van der Waals surface area contributed by atoms with E-state index in [1.165, 1.54) is 16.9 Å². The maximum atomic E-state index is 12.9. The Hall–Kier alpha value is -1.50. The lowest BCUT2D eigenvalue weighted by molar-refractivity contribution is -0.00663. The second-order valence-electron chi connectivity index (χ2n) is 7.81. The second kappa shape index (κ2) is 10.6. The van der Waals surface area contributed by atoms with Gasteiger partial charge in [-0.2, -0.15) is 0 Å². The zero-order valence-electron chi connectivity index (χ0n) is 17.5. The summed E-state index contributed by atoms with van der Waals surface area (Å²) < 4.78 is 8.32. The van der Waals surface area contributed by atoms with E-state index in [2.05, 4.69) is 93.6 Å². The predicted molar refractivity (Wildman–Crippen MR) is 147 cm³/mol. The van der Waals surface area contributed by atoms with Gasteiger partial charge in [-0.1, -0.05) is 30.5 Å². The van der Waals surface area contributed by atoms with Crippen LogP contribution in [0.4, 0.5) is 0 Å². The van der Waals surface area contributed by atoms with Crippen LogP contribution in [-0.4, -0.2) is 11.6 Å². The van der Waals surface area contributed by atoms with Gasteiger partial charge in [-0.3, -0.25) is 0 Å². The monoisotopic (exact) mass is 665 g/mol. The molecule has 0 aliphatic heterocycles. The van der Waals surface area contributed by atoms with Gasteiger partial charge in [0.25, 0.3) is 0 Å². The van der Waals surface area contributed by atoms with Crippen molar-refractivity contribution in [1.82, 2.24) is 0 Å². The quantitative estimate of drug-likeness (QED) is 0.122. The Morgan fingerprint density at radius 3 is 2.09 bits per heavy atom. The topological polar surface area (TPSA) is 26.3 Å². The summed E-state index contributed by atoms with van der Waals surface area (Å²) in [6.07, 6.45) is 10.4. The van der Waals surface area contributed by atoms with Crippen molar-refractivity contribution >= 4 is 62.0 Å². The Bertz CT molecular complexity index is 1130. The summed E-state index contributed by atoms with van der Waals surface area (Å²) in [5.41, 5.74) is -0.206. The van der Waals surface area contributed by atoms with Crippen LogP contribution in [0.3, 0.4) is 0 Å². The molecule has 0 N–H and O–H groups in total. The Morgan fingerprint density at radius 2 is 1.47 bits per heavy atom. The highest BCUT2D eigenvalue weighted by Crippen LogP contribution is 2.34. The first-order valence-corrected chi connectivity index (χ1v) is 14.0. The molecule has 0 radical (unpaired) electrons. The maximum absolute atomic E-state index is 12.9. The van der Waals surface area contributed by atoms with E-state index in [1.54, 1.807) is 0 Å². The molecule has 1 saturated carbocycles. The lowest BCUT2D eigenvalue weighted by atomic mass is 9.85. The van der Waals surface area contributed by atoms with Crippen LogP contribution in [0.15, 0.2) is 87.5 Å². The molecule has 1 aliphatic rings. The average Bonchev–Trinajstić information content (AvgIpc) is 2.83. The third-order valence-electron chi connectivity index (χ3n) is 5.64. The lowest BCUT2D eigenvalue weighted by Gasteiger charge is -2.31. The number of carbonyl (C=O) groups excluding carboxylic acids is 1. The fourth-order valence-corrected chi connectivity index (χ4v) is 7.09. The van der Waals surface area contributed by atoms with E-state index in [0.29, 0.717) is 5.56 Å². The molecule has 0 bridgehead atoms. The van der Waals surface area contributed by atoms with Gasteiger partial charge in [-0.05, 0) is 119 Å². The molecule has 162 valence electrons. The normalized spacial score (nSPS) is 16.0. The van der Waals surface area contributed by atoms with Gasteiger partial charge in [0.05, 0.1) is 16.5 Å². The summed E-state index contributed by atoms with van der Waals surface area (Å²) in [6, 6.07) is 24.9. The number of ether oxygens (including phenoxy) is 1. The van der Waals surface area contributed by atoms with Gasteiger partial charge in [0.15, 0.2) is 20.3 Å². The van der Waals surface area contributed by atoms with Crippen LogP contribution in [0.2, 0.25) is 0 Å². The van der Waals surface area contributed by atoms with Gasteiger partial charge >= 0.3 is 5.97 Å². The SMILES string of the molecule is C#CC1(OC(=O)c2ccc([S+](c3ccccc3)c3ccc(I)c(I)c3)cc2)CCCCC1. The Balaban J connectivity index is 1.63. The summed E-state index contributed by atoms with van der Waals surface area (Å²) in [4.78, 5) is 16.5. The lowest BCUT2D eigenvalue weighted by Crippen LogP contribution is -2.35. The summed E-state index contributed by atoms with van der Waals surface area (Å²) in [5, 5.41) is 0. The maximum Gasteiger partial charge on any atom is 0.339 e. The van der Waals surface area contributed by atoms with Crippen molar-refractivity contribution in [2.24, 2.45) is 0 Å². The van der Waals surface area contributed by atoms with Crippen molar-refractivity contribution in [2.45, 2.75) is 52.4 Å².